The molecule has 0 fully saturated rings. The predicted molar refractivity (Wildman–Crippen MR) is 68.8 cm³/mol. The fourth-order valence-electron chi connectivity index (χ4n) is 1.82. The monoisotopic (exact) mass is 239 g/mol. The zero-order valence-corrected chi connectivity index (χ0v) is 10.9. The Morgan fingerprint density at radius 1 is 1.35 bits per heavy atom. The zero-order chi connectivity index (χ0) is 12.8. The molecule has 0 saturated heterocycles. The Kier molecular flexibility index (Phi) is 5.42. The van der Waals surface area contributed by atoms with Gasteiger partial charge in [0.25, 0.3) is 0 Å². The van der Waals surface area contributed by atoms with Crippen molar-refractivity contribution in [3.05, 3.63) is 29.6 Å². The van der Waals surface area contributed by atoms with E-state index in [1.165, 1.54) is 6.07 Å². The van der Waals surface area contributed by atoms with E-state index in [0.717, 1.165) is 18.4 Å². The molecule has 0 spiro atoms. The lowest BCUT2D eigenvalue weighted by atomic mass is 10.1. The van der Waals surface area contributed by atoms with Gasteiger partial charge in [0.2, 0.25) is 0 Å². The standard InChI is InChI=1S/C14H22FNO/c1-4-5-11(3)17-14-7-6-12(8-10(2)16)9-13(14)15/h6-7,9-11H,4-5,8,16H2,1-3H3. The van der Waals surface area contributed by atoms with Gasteiger partial charge in [-0.05, 0) is 44.4 Å². The molecule has 2 atom stereocenters. The van der Waals surface area contributed by atoms with E-state index in [4.69, 9.17) is 10.5 Å². The highest BCUT2D eigenvalue weighted by Gasteiger charge is 2.09. The lowest BCUT2D eigenvalue weighted by molar-refractivity contribution is 0.200. The number of benzene rings is 1. The molecule has 0 saturated carbocycles. The highest BCUT2D eigenvalue weighted by molar-refractivity contribution is 5.30. The van der Waals surface area contributed by atoms with Crippen molar-refractivity contribution >= 4 is 0 Å². The number of ether oxygens (including phenoxy) is 1. The molecule has 0 aliphatic heterocycles. The van der Waals surface area contributed by atoms with E-state index in [1.54, 1.807) is 6.07 Å². The molecule has 1 aromatic carbocycles. The molecule has 0 heterocycles. The van der Waals surface area contributed by atoms with Gasteiger partial charge in [0.05, 0.1) is 6.10 Å². The van der Waals surface area contributed by atoms with Crippen LogP contribution < -0.4 is 10.5 Å². The van der Waals surface area contributed by atoms with E-state index in [9.17, 15) is 4.39 Å². The Balaban J connectivity index is 2.69. The van der Waals surface area contributed by atoms with Crippen LogP contribution >= 0.6 is 0 Å². The van der Waals surface area contributed by atoms with Gasteiger partial charge in [0, 0.05) is 6.04 Å². The molecule has 3 heteroatoms. The van der Waals surface area contributed by atoms with E-state index < -0.39 is 0 Å². The minimum atomic E-state index is -0.300. The third-order valence-electron chi connectivity index (χ3n) is 2.58. The topological polar surface area (TPSA) is 35.2 Å². The van der Waals surface area contributed by atoms with Crippen LogP contribution in [0.1, 0.15) is 39.2 Å². The maximum atomic E-state index is 13.7. The number of hydrogen-bond donors (Lipinski definition) is 1. The van der Waals surface area contributed by atoms with E-state index in [1.807, 2.05) is 19.9 Å². The summed E-state index contributed by atoms with van der Waals surface area (Å²) in [6.45, 7) is 5.95. The number of halogens is 1. The first-order valence-corrected chi connectivity index (χ1v) is 6.23. The minimum Gasteiger partial charge on any atom is -0.488 e. The van der Waals surface area contributed by atoms with Gasteiger partial charge in [-0.2, -0.15) is 0 Å². The number of nitrogens with two attached hydrogens (primary N) is 1. The van der Waals surface area contributed by atoms with Gasteiger partial charge in [-0.1, -0.05) is 19.4 Å². The van der Waals surface area contributed by atoms with Crippen LogP contribution in [0.15, 0.2) is 18.2 Å². The second-order valence-corrected chi connectivity index (χ2v) is 4.66. The van der Waals surface area contributed by atoms with Crippen molar-refractivity contribution < 1.29 is 9.13 Å². The molecule has 1 aromatic rings. The summed E-state index contributed by atoms with van der Waals surface area (Å²) in [5.74, 6) is 0.0328. The fraction of sp³-hybridized carbons (Fsp3) is 0.571. The van der Waals surface area contributed by atoms with Gasteiger partial charge in [-0.3, -0.25) is 0 Å². The zero-order valence-electron chi connectivity index (χ0n) is 10.9. The van der Waals surface area contributed by atoms with Crippen LogP contribution in [-0.2, 0) is 6.42 Å². The summed E-state index contributed by atoms with van der Waals surface area (Å²) in [7, 11) is 0. The second kappa shape index (κ2) is 6.60. The van der Waals surface area contributed by atoms with Gasteiger partial charge in [0.15, 0.2) is 11.6 Å². The summed E-state index contributed by atoms with van der Waals surface area (Å²) in [4.78, 5) is 0. The van der Waals surface area contributed by atoms with Crippen LogP contribution in [0.4, 0.5) is 4.39 Å². The van der Waals surface area contributed by atoms with E-state index >= 15 is 0 Å². The third kappa shape index (κ3) is 4.73. The third-order valence-corrected chi connectivity index (χ3v) is 2.58. The lowest BCUT2D eigenvalue weighted by Gasteiger charge is -2.15. The predicted octanol–water partition coefficient (Wildman–Crippen LogP) is 3.28. The molecule has 2 N–H and O–H groups in total. The molecule has 2 nitrogen and oxygen atoms in total. The van der Waals surface area contributed by atoms with Crippen molar-refractivity contribution in [1.82, 2.24) is 0 Å². The molecule has 0 aliphatic carbocycles. The van der Waals surface area contributed by atoms with Crippen molar-refractivity contribution in [2.45, 2.75) is 52.2 Å². The molecular weight excluding hydrogens is 217 g/mol. The molecule has 17 heavy (non-hydrogen) atoms. The van der Waals surface area contributed by atoms with E-state index in [-0.39, 0.29) is 18.0 Å². The molecular formula is C14H22FNO. The highest BCUT2D eigenvalue weighted by atomic mass is 19.1. The Labute approximate surface area is 103 Å². The van der Waals surface area contributed by atoms with Crippen LogP contribution in [0.25, 0.3) is 0 Å². The summed E-state index contributed by atoms with van der Waals surface area (Å²) in [6.07, 6.45) is 2.70. The molecule has 0 aromatic heterocycles. The highest BCUT2D eigenvalue weighted by Crippen LogP contribution is 2.21. The normalized spacial score (nSPS) is 14.4. The first-order chi connectivity index (χ1) is 8.02. The quantitative estimate of drug-likeness (QED) is 0.826. The fourth-order valence-corrected chi connectivity index (χ4v) is 1.82. The van der Waals surface area contributed by atoms with Gasteiger partial charge in [-0.15, -0.1) is 0 Å². The van der Waals surface area contributed by atoms with Crippen LogP contribution in [0.5, 0.6) is 5.75 Å². The largest absolute Gasteiger partial charge is 0.488 e. The summed E-state index contributed by atoms with van der Waals surface area (Å²) in [6, 6.07) is 5.12. The minimum absolute atomic E-state index is 0.0418. The second-order valence-electron chi connectivity index (χ2n) is 4.66. The molecule has 0 amide bonds. The number of hydrogen-bond acceptors (Lipinski definition) is 2. The van der Waals surface area contributed by atoms with Gasteiger partial charge in [-0.25, -0.2) is 4.39 Å². The Morgan fingerprint density at radius 3 is 2.59 bits per heavy atom. The first-order valence-electron chi connectivity index (χ1n) is 6.23. The van der Waals surface area contributed by atoms with Gasteiger partial charge < -0.3 is 10.5 Å². The van der Waals surface area contributed by atoms with Gasteiger partial charge in [0.1, 0.15) is 0 Å². The van der Waals surface area contributed by atoms with Crippen LogP contribution in [0.2, 0.25) is 0 Å². The number of rotatable bonds is 6. The average Bonchev–Trinajstić information content (AvgIpc) is 2.21. The molecule has 0 bridgehead atoms. The Hall–Kier alpha value is -1.09. The molecule has 0 radical (unpaired) electrons. The van der Waals surface area contributed by atoms with Crippen molar-refractivity contribution in [2.75, 3.05) is 0 Å². The summed E-state index contributed by atoms with van der Waals surface area (Å²) < 4.78 is 19.3. The Bertz CT molecular complexity index is 352. The maximum absolute atomic E-state index is 13.7. The SMILES string of the molecule is CCCC(C)Oc1ccc(CC(C)N)cc1F. The molecule has 2 unspecified atom stereocenters. The maximum Gasteiger partial charge on any atom is 0.165 e. The average molecular weight is 239 g/mol. The van der Waals surface area contributed by atoms with Crippen molar-refractivity contribution in [3.63, 3.8) is 0 Å². The van der Waals surface area contributed by atoms with Gasteiger partial charge >= 0.3 is 0 Å². The van der Waals surface area contributed by atoms with E-state index in [0.29, 0.717) is 12.2 Å². The summed E-state index contributed by atoms with van der Waals surface area (Å²) in [5.41, 5.74) is 6.59. The molecule has 0 aliphatic rings. The summed E-state index contributed by atoms with van der Waals surface area (Å²) >= 11 is 0. The molecule has 96 valence electrons. The van der Waals surface area contributed by atoms with Crippen LogP contribution in [0, 0.1) is 5.82 Å². The van der Waals surface area contributed by atoms with Crippen molar-refractivity contribution in [2.24, 2.45) is 5.73 Å². The molecule has 1 rings (SSSR count). The summed E-state index contributed by atoms with van der Waals surface area (Å²) in [5, 5.41) is 0. The van der Waals surface area contributed by atoms with Crippen LogP contribution in [-0.4, -0.2) is 12.1 Å². The first kappa shape index (κ1) is 14.0. The van der Waals surface area contributed by atoms with Crippen molar-refractivity contribution in [1.29, 1.82) is 0 Å². The van der Waals surface area contributed by atoms with Crippen molar-refractivity contribution in [3.8, 4) is 5.75 Å². The smallest absolute Gasteiger partial charge is 0.165 e. The van der Waals surface area contributed by atoms with E-state index in [2.05, 4.69) is 6.92 Å². The Morgan fingerprint density at radius 2 is 2.06 bits per heavy atom. The van der Waals surface area contributed by atoms with Crippen LogP contribution in [0.3, 0.4) is 0 Å². The lowest BCUT2D eigenvalue weighted by Crippen LogP contribution is -2.18.